The smallest absolute Gasteiger partial charge is 0.338 e. The lowest BCUT2D eigenvalue weighted by Gasteiger charge is -2.09. The lowest BCUT2D eigenvalue weighted by Crippen LogP contribution is -2.18. The zero-order valence-electron chi connectivity index (χ0n) is 20.3. The molecule has 2 aromatic rings. The van der Waals surface area contributed by atoms with E-state index in [0.717, 1.165) is 23.8 Å². The normalized spacial score (nSPS) is 16.1. The zero-order chi connectivity index (χ0) is 25.6. The number of aryl methyl sites for hydroxylation is 1. The molecular formula is C30H30O5. The first kappa shape index (κ1) is 27.1. The molecule has 5 nitrogen and oxygen atoms in total. The molecule has 1 saturated heterocycles. The first-order valence-corrected chi connectivity index (χ1v) is 11.2. The summed E-state index contributed by atoms with van der Waals surface area (Å²) < 4.78 is 10.7. The minimum absolute atomic E-state index is 0.00110. The molecule has 1 aliphatic heterocycles. The summed E-state index contributed by atoms with van der Waals surface area (Å²) >= 11 is 0. The molecule has 1 N–H and O–H groups in total. The van der Waals surface area contributed by atoms with Crippen molar-refractivity contribution in [3.63, 3.8) is 0 Å². The third-order valence-corrected chi connectivity index (χ3v) is 4.96. The van der Waals surface area contributed by atoms with E-state index in [0.29, 0.717) is 17.6 Å². The summed E-state index contributed by atoms with van der Waals surface area (Å²) in [5.41, 5.74) is 4.67. The highest BCUT2D eigenvalue weighted by Gasteiger charge is 2.30. The maximum absolute atomic E-state index is 12.4. The van der Waals surface area contributed by atoms with Crippen LogP contribution < -0.4 is 0 Å². The summed E-state index contributed by atoms with van der Waals surface area (Å²) in [6.45, 7) is 7.69. The fourth-order valence-corrected chi connectivity index (χ4v) is 3.11. The van der Waals surface area contributed by atoms with Crippen molar-refractivity contribution in [3.8, 4) is 11.8 Å². The van der Waals surface area contributed by atoms with E-state index in [-0.39, 0.29) is 6.61 Å². The molecule has 2 aromatic carbocycles. The molecule has 35 heavy (non-hydrogen) atoms. The number of hydrogen-bond donors (Lipinski definition) is 1. The Morgan fingerprint density at radius 3 is 2.29 bits per heavy atom. The van der Waals surface area contributed by atoms with Gasteiger partial charge in [-0.15, -0.1) is 0 Å². The van der Waals surface area contributed by atoms with E-state index in [1.54, 1.807) is 36.4 Å². The molecule has 0 spiro atoms. The number of esters is 2. The minimum atomic E-state index is -0.500. The van der Waals surface area contributed by atoms with Crippen LogP contribution in [0.1, 0.15) is 40.4 Å². The van der Waals surface area contributed by atoms with Crippen molar-refractivity contribution >= 4 is 11.9 Å². The number of benzene rings is 2. The van der Waals surface area contributed by atoms with Gasteiger partial charge in [0.05, 0.1) is 5.56 Å². The number of rotatable bonds is 6. The molecule has 0 bridgehead atoms. The van der Waals surface area contributed by atoms with Gasteiger partial charge in [0.15, 0.2) is 0 Å². The Bertz CT molecular complexity index is 1170. The number of allylic oxidation sites excluding steroid dienone is 6. The third-order valence-electron chi connectivity index (χ3n) is 4.96. The van der Waals surface area contributed by atoms with E-state index in [9.17, 15) is 9.59 Å². The number of ether oxygens (including phenoxy) is 2. The van der Waals surface area contributed by atoms with Crippen molar-refractivity contribution in [2.75, 3.05) is 13.7 Å². The number of carbonyl (C=O) groups excluding carboxylic acids is 2. The number of carbonyl (C=O) groups is 2. The van der Waals surface area contributed by atoms with Crippen LogP contribution >= 0.6 is 0 Å². The molecule has 1 heterocycles. The Labute approximate surface area is 207 Å². The van der Waals surface area contributed by atoms with Gasteiger partial charge in [-0.25, -0.2) is 9.59 Å². The summed E-state index contributed by atoms with van der Waals surface area (Å²) in [5.74, 6) is 5.31. The Morgan fingerprint density at radius 1 is 1.11 bits per heavy atom. The molecule has 0 saturated carbocycles. The van der Waals surface area contributed by atoms with Crippen LogP contribution in [-0.2, 0) is 14.3 Å². The molecule has 1 fully saturated rings. The minimum Gasteiger partial charge on any atom is -0.458 e. The molecule has 1 unspecified atom stereocenters. The lowest BCUT2D eigenvalue weighted by molar-refractivity contribution is -0.140. The highest BCUT2D eigenvalue weighted by Crippen LogP contribution is 2.23. The van der Waals surface area contributed by atoms with Gasteiger partial charge in [-0.05, 0) is 61.9 Å². The van der Waals surface area contributed by atoms with Crippen molar-refractivity contribution in [1.29, 1.82) is 0 Å². The number of aliphatic hydroxyl groups is 1. The first-order chi connectivity index (χ1) is 17.0. The van der Waals surface area contributed by atoms with Gasteiger partial charge in [-0.1, -0.05) is 60.4 Å². The predicted octanol–water partition coefficient (Wildman–Crippen LogP) is 5.09. The fraction of sp³-hybridized carbons (Fsp3) is 0.200. The largest absolute Gasteiger partial charge is 0.458 e. The van der Waals surface area contributed by atoms with Crippen LogP contribution in [0.15, 0.2) is 96.6 Å². The third kappa shape index (κ3) is 8.62. The van der Waals surface area contributed by atoms with Crippen LogP contribution in [0.2, 0.25) is 0 Å². The van der Waals surface area contributed by atoms with Gasteiger partial charge in [0, 0.05) is 30.2 Å². The van der Waals surface area contributed by atoms with Gasteiger partial charge in [0.1, 0.15) is 12.7 Å². The van der Waals surface area contributed by atoms with Crippen LogP contribution in [0.5, 0.6) is 0 Å². The van der Waals surface area contributed by atoms with E-state index < -0.39 is 18.0 Å². The molecule has 5 heteroatoms. The molecule has 180 valence electrons. The quantitative estimate of drug-likeness (QED) is 0.276. The highest BCUT2D eigenvalue weighted by atomic mass is 16.6. The molecule has 3 rings (SSSR count). The number of cyclic esters (lactones) is 1. The topological polar surface area (TPSA) is 72.8 Å². The molecule has 0 aliphatic carbocycles. The average molecular weight is 471 g/mol. The van der Waals surface area contributed by atoms with Crippen LogP contribution in [0.3, 0.4) is 0 Å². The summed E-state index contributed by atoms with van der Waals surface area (Å²) in [5, 5.41) is 7.00. The number of hydrogen-bond acceptors (Lipinski definition) is 5. The molecule has 1 aliphatic rings. The van der Waals surface area contributed by atoms with Crippen molar-refractivity contribution in [1.82, 2.24) is 0 Å². The Hall–Kier alpha value is -4.14. The maximum Gasteiger partial charge on any atom is 0.338 e. The van der Waals surface area contributed by atoms with Gasteiger partial charge >= 0.3 is 11.9 Å². The van der Waals surface area contributed by atoms with E-state index >= 15 is 0 Å². The van der Waals surface area contributed by atoms with Gasteiger partial charge in [-0.3, -0.25) is 0 Å². The first-order valence-electron chi connectivity index (χ1n) is 11.2. The lowest BCUT2D eigenvalue weighted by atomic mass is 10.1. The SMILES string of the molecule is C=CC(=C\C=C/C)/C=C1\CC(COC(=O)c2ccc(C#Cc3ccc(C)cc3)cc2)OC1=O.CO. The maximum atomic E-state index is 12.4. The van der Waals surface area contributed by atoms with Crippen molar-refractivity contribution in [3.05, 3.63) is 119 Å². The van der Waals surface area contributed by atoms with Crippen LogP contribution in [0.4, 0.5) is 0 Å². The van der Waals surface area contributed by atoms with Gasteiger partial charge < -0.3 is 14.6 Å². The average Bonchev–Trinajstić information content (AvgIpc) is 3.25. The van der Waals surface area contributed by atoms with Crippen LogP contribution in [0, 0.1) is 18.8 Å². The molecule has 1 atom stereocenters. The summed E-state index contributed by atoms with van der Waals surface area (Å²) in [6.07, 6.45) is 8.90. The van der Waals surface area contributed by atoms with Gasteiger partial charge in [0.2, 0.25) is 0 Å². The summed E-state index contributed by atoms with van der Waals surface area (Å²) in [4.78, 5) is 24.5. The molecular weight excluding hydrogens is 440 g/mol. The summed E-state index contributed by atoms with van der Waals surface area (Å²) in [6, 6.07) is 14.9. The van der Waals surface area contributed by atoms with Crippen molar-refractivity contribution in [2.24, 2.45) is 0 Å². The molecule has 0 radical (unpaired) electrons. The monoisotopic (exact) mass is 470 g/mol. The zero-order valence-corrected chi connectivity index (χ0v) is 20.3. The van der Waals surface area contributed by atoms with Crippen LogP contribution in [-0.4, -0.2) is 36.9 Å². The van der Waals surface area contributed by atoms with Gasteiger partial charge in [-0.2, -0.15) is 0 Å². The predicted molar refractivity (Wildman–Crippen MR) is 138 cm³/mol. The molecule has 0 amide bonds. The Kier molecular flexibility index (Phi) is 11.0. The van der Waals surface area contributed by atoms with E-state index in [1.807, 2.05) is 56.3 Å². The van der Waals surface area contributed by atoms with E-state index in [4.69, 9.17) is 14.6 Å². The van der Waals surface area contributed by atoms with Gasteiger partial charge in [0.25, 0.3) is 0 Å². The standard InChI is InChI=1S/C29H26O4.CH4O/c1-4-6-7-22(5-2)18-26-19-27(33-29(26)31)20-32-28(30)25-16-14-24(15-17-25)13-12-23-10-8-21(3)9-11-23;1-2/h4-11,14-18,27H,2,19-20H2,1,3H3;2H,1H3/b6-4-,22-7+,26-18+;. The fourth-order valence-electron chi connectivity index (χ4n) is 3.11. The van der Waals surface area contributed by atoms with Crippen LogP contribution in [0.25, 0.3) is 0 Å². The Morgan fingerprint density at radius 2 is 1.71 bits per heavy atom. The Balaban J connectivity index is 0.00000210. The second kappa shape index (κ2) is 14.2. The van der Waals surface area contributed by atoms with Crippen molar-refractivity contribution in [2.45, 2.75) is 26.4 Å². The van der Waals surface area contributed by atoms with Crippen molar-refractivity contribution < 1.29 is 24.2 Å². The second-order valence-corrected chi connectivity index (χ2v) is 7.59. The molecule has 0 aromatic heterocycles. The number of aliphatic hydroxyl groups excluding tert-OH is 1. The summed E-state index contributed by atoms with van der Waals surface area (Å²) in [7, 11) is 1.00. The van der Waals surface area contributed by atoms with E-state index in [1.165, 1.54) is 5.56 Å². The second-order valence-electron chi connectivity index (χ2n) is 7.59. The van der Waals surface area contributed by atoms with E-state index in [2.05, 4.69) is 18.4 Å². The highest BCUT2D eigenvalue weighted by molar-refractivity contribution is 5.92.